The van der Waals surface area contributed by atoms with E-state index in [1.165, 1.54) is 45.9 Å². The van der Waals surface area contributed by atoms with Crippen LogP contribution in [0.3, 0.4) is 0 Å². The second-order valence-electron chi connectivity index (χ2n) is 19.1. The standard InChI is InChI=1S/C47H64N8O16/c1-23-20-55-38(39(23)62)43(66)49-18-27(57)16-29(50-46(69)71-47(3,4)5)40(63)51-35(24(2)56)44(67)54-21-28(58)17-30(54)41(64)52-36(42(65)53-37(45(55)68)33(61)19-48-6)32(60)15-26-12-13-34(31(59)14-26)70-22-25-10-8-7-9-11-25/h7-14,23-24,27-30,32-33,35-39,56-62H,15-22H2,1-5H3,(H,49,66)(H,50,69)(H,51,63)(H,52,64)(H,53,65)/t23-,24+,27+,28+,29?,30-,32+,33+,35-,36-,37-,38-,39-/m0/s1. The van der Waals surface area contributed by atoms with Crippen molar-refractivity contribution in [3.8, 4) is 11.5 Å². The van der Waals surface area contributed by atoms with Gasteiger partial charge in [-0.3, -0.25) is 28.8 Å². The maximum absolute atomic E-state index is 14.5. The summed E-state index contributed by atoms with van der Waals surface area (Å²) in [6.45, 7) is 12.5. The molecule has 7 amide bonds. The van der Waals surface area contributed by atoms with Gasteiger partial charge >= 0.3 is 6.09 Å². The van der Waals surface area contributed by atoms with Crippen LogP contribution in [0.25, 0.3) is 4.85 Å². The molecule has 2 aromatic carbocycles. The Morgan fingerprint density at radius 1 is 0.817 bits per heavy atom. The fourth-order valence-corrected chi connectivity index (χ4v) is 8.47. The lowest BCUT2D eigenvalue weighted by Gasteiger charge is -2.33. The second kappa shape index (κ2) is 24.0. The normalized spacial score (nSPS) is 28.6. The number of hydrogen-bond donors (Lipinski definition) is 12. The van der Waals surface area contributed by atoms with Gasteiger partial charge in [-0.15, -0.1) is 0 Å². The Labute approximate surface area is 409 Å². The summed E-state index contributed by atoms with van der Waals surface area (Å²) in [5.41, 5.74) is -0.0662. The summed E-state index contributed by atoms with van der Waals surface area (Å²) in [7, 11) is 0. The van der Waals surface area contributed by atoms with Crippen LogP contribution < -0.4 is 31.3 Å². The van der Waals surface area contributed by atoms with Crippen LogP contribution in [-0.4, -0.2) is 192 Å². The fraction of sp³-hybridized carbons (Fsp3) is 0.574. The molecule has 24 nitrogen and oxygen atoms in total. The number of nitrogens with zero attached hydrogens (tertiary/aromatic N) is 3. The minimum absolute atomic E-state index is 0.0713. The van der Waals surface area contributed by atoms with E-state index in [0.29, 0.717) is 0 Å². The van der Waals surface area contributed by atoms with E-state index in [9.17, 15) is 69.3 Å². The van der Waals surface area contributed by atoms with Crippen LogP contribution in [-0.2, 0) is 46.5 Å². The number of aliphatic hydroxyl groups is 6. The highest BCUT2D eigenvalue weighted by Crippen LogP contribution is 2.30. The van der Waals surface area contributed by atoms with Gasteiger partial charge in [0.2, 0.25) is 42.0 Å². The first kappa shape index (κ1) is 55.3. The summed E-state index contributed by atoms with van der Waals surface area (Å²) in [4.78, 5) is 103. The van der Waals surface area contributed by atoms with Crippen molar-refractivity contribution in [2.24, 2.45) is 5.92 Å². The number of carbonyl (C=O) groups is 7. The van der Waals surface area contributed by atoms with Crippen LogP contribution >= 0.6 is 0 Å². The van der Waals surface area contributed by atoms with Crippen LogP contribution in [0.2, 0.25) is 0 Å². The van der Waals surface area contributed by atoms with Gasteiger partial charge in [-0.2, -0.15) is 0 Å². The van der Waals surface area contributed by atoms with Crippen LogP contribution in [0.4, 0.5) is 4.79 Å². The van der Waals surface area contributed by atoms with Gasteiger partial charge in [-0.1, -0.05) is 43.3 Å². The molecule has 24 heteroatoms. The predicted octanol–water partition coefficient (Wildman–Crippen LogP) is -3.07. The van der Waals surface area contributed by atoms with E-state index >= 15 is 0 Å². The monoisotopic (exact) mass is 996 g/mol. The van der Waals surface area contributed by atoms with E-state index in [4.69, 9.17) is 16.0 Å². The smallest absolute Gasteiger partial charge is 0.408 e. The van der Waals surface area contributed by atoms with Crippen molar-refractivity contribution in [3.05, 3.63) is 71.1 Å². The molecular weight excluding hydrogens is 933 g/mol. The van der Waals surface area contributed by atoms with Gasteiger partial charge in [0.05, 0.1) is 30.5 Å². The molecule has 3 fully saturated rings. The highest BCUT2D eigenvalue weighted by molar-refractivity contribution is 5.98. The third kappa shape index (κ3) is 14.5. The van der Waals surface area contributed by atoms with Gasteiger partial charge in [-0.25, -0.2) is 11.4 Å². The third-order valence-electron chi connectivity index (χ3n) is 12.1. The molecule has 5 rings (SSSR count). The second-order valence-corrected chi connectivity index (χ2v) is 19.1. The number of rotatable bonds is 10. The van der Waals surface area contributed by atoms with E-state index in [1.54, 1.807) is 12.1 Å². The minimum Gasteiger partial charge on any atom is -0.504 e. The van der Waals surface area contributed by atoms with Gasteiger partial charge in [-0.05, 0) is 51.0 Å². The predicted molar refractivity (Wildman–Crippen MR) is 247 cm³/mol. The number of carbonyl (C=O) groups excluding carboxylic acids is 7. The molecule has 0 spiro atoms. The first-order valence-corrected chi connectivity index (χ1v) is 23.1. The molecule has 3 aliphatic heterocycles. The Morgan fingerprint density at radius 3 is 2.10 bits per heavy atom. The molecule has 13 atom stereocenters. The Hall–Kier alpha value is -6.62. The molecule has 12 N–H and O–H groups in total. The summed E-state index contributed by atoms with van der Waals surface area (Å²) in [6.07, 6.45) is -12.9. The highest BCUT2D eigenvalue weighted by atomic mass is 16.6. The molecule has 1 unspecified atom stereocenters. The van der Waals surface area contributed by atoms with Crippen molar-refractivity contribution in [1.29, 1.82) is 0 Å². The number of alkyl carbamates (subject to hydrolysis) is 1. The van der Waals surface area contributed by atoms with Crippen LogP contribution in [0.1, 0.15) is 58.6 Å². The zero-order valence-electron chi connectivity index (χ0n) is 39.9. The topological polar surface area (TPSA) is 351 Å². The first-order valence-electron chi connectivity index (χ1n) is 23.1. The number of phenolic OH excluding ortho intramolecular Hbond substituents is 1. The Balaban J connectivity index is 1.55. The van der Waals surface area contributed by atoms with E-state index in [1.807, 2.05) is 18.2 Å². The van der Waals surface area contributed by atoms with Crippen molar-refractivity contribution in [2.45, 2.75) is 139 Å². The molecule has 3 saturated heterocycles. The largest absolute Gasteiger partial charge is 0.504 e. The van der Waals surface area contributed by atoms with Crippen LogP contribution in [0.5, 0.6) is 11.5 Å². The zero-order valence-corrected chi connectivity index (χ0v) is 39.9. The number of hydrogen-bond acceptors (Lipinski definition) is 16. The number of nitrogens with one attached hydrogen (secondary N) is 5. The number of ether oxygens (including phenoxy) is 2. The third-order valence-corrected chi connectivity index (χ3v) is 12.1. The number of aliphatic hydroxyl groups excluding tert-OH is 6. The number of aromatic hydroxyl groups is 1. The summed E-state index contributed by atoms with van der Waals surface area (Å²) in [5, 5.41) is 89.7. The van der Waals surface area contributed by atoms with Crippen LogP contribution in [0.15, 0.2) is 48.5 Å². The van der Waals surface area contributed by atoms with Crippen molar-refractivity contribution in [1.82, 2.24) is 36.4 Å². The van der Waals surface area contributed by atoms with Gasteiger partial charge in [0.15, 0.2) is 17.6 Å². The number of β-amino-alcohol motifs (C(OH)–C–C–N with tert-alkyl or cyclic N) is 1. The molecule has 0 aliphatic carbocycles. The molecule has 3 heterocycles. The molecule has 3 aliphatic rings. The number of amides is 7. The van der Waals surface area contributed by atoms with E-state index in [2.05, 4.69) is 31.4 Å². The summed E-state index contributed by atoms with van der Waals surface area (Å²) < 4.78 is 11.0. The molecular formula is C47H64N8O16. The molecule has 0 bridgehead atoms. The summed E-state index contributed by atoms with van der Waals surface area (Å²) in [5.74, 6) is -8.02. The van der Waals surface area contributed by atoms with E-state index < -0.39 is 165 Å². The lowest BCUT2D eigenvalue weighted by Crippen LogP contribution is -2.64. The molecule has 0 aromatic heterocycles. The highest BCUT2D eigenvalue weighted by Gasteiger charge is 2.50. The summed E-state index contributed by atoms with van der Waals surface area (Å²) >= 11 is 0. The van der Waals surface area contributed by atoms with Gasteiger partial charge in [0, 0.05) is 44.8 Å². The number of benzene rings is 2. The van der Waals surface area contributed by atoms with Crippen molar-refractivity contribution < 1.29 is 78.8 Å². The molecule has 388 valence electrons. The number of fused-ring (bicyclic) bond motifs is 2. The molecule has 2 aromatic rings. The minimum atomic E-state index is -2.08. The lowest BCUT2D eigenvalue weighted by atomic mass is 9.99. The maximum Gasteiger partial charge on any atom is 0.408 e. The quantitative estimate of drug-likeness (QED) is 0.105. The maximum atomic E-state index is 14.5. The van der Waals surface area contributed by atoms with Crippen molar-refractivity contribution >= 4 is 41.5 Å². The van der Waals surface area contributed by atoms with Crippen molar-refractivity contribution in [2.75, 3.05) is 26.2 Å². The van der Waals surface area contributed by atoms with Gasteiger partial charge in [0.1, 0.15) is 48.5 Å². The molecule has 0 saturated carbocycles. The number of phenols is 1. The molecule has 71 heavy (non-hydrogen) atoms. The average Bonchev–Trinajstić information content (AvgIpc) is 3.84. The van der Waals surface area contributed by atoms with E-state index in [-0.39, 0.29) is 30.2 Å². The first-order chi connectivity index (χ1) is 33.4. The average molecular weight is 997 g/mol. The lowest BCUT2D eigenvalue weighted by molar-refractivity contribution is -0.147. The molecule has 0 radical (unpaired) electrons. The SMILES string of the molecule is [C-]#[N+]C[C@@H](O)[C@@H]1NC(=O)[C@H]([C@H](O)Cc2ccc(OCc3ccccc3)c(O)c2)NC(=O)[C@@H]2C[C@@H](O)CN2C(=O)[C@H]([C@@H](C)O)NC(=O)C(NC(=O)OC(C)(C)C)C[C@@H](O)CNC(=O)[C@@H]2[C@@H](O)[C@@H](C)CN2C1=O. The Bertz CT molecular complexity index is 2290. The Kier molecular flexibility index (Phi) is 18.7. The fourth-order valence-electron chi connectivity index (χ4n) is 8.47. The zero-order chi connectivity index (χ0) is 52.5. The van der Waals surface area contributed by atoms with Crippen molar-refractivity contribution in [3.63, 3.8) is 0 Å². The van der Waals surface area contributed by atoms with E-state index in [0.717, 1.165) is 22.3 Å². The summed E-state index contributed by atoms with van der Waals surface area (Å²) in [6, 6.07) is 2.05. The van der Waals surface area contributed by atoms with Gasteiger partial charge in [0.25, 0.3) is 0 Å². The Morgan fingerprint density at radius 2 is 1.46 bits per heavy atom. The van der Waals surface area contributed by atoms with Gasteiger partial charge < -0.3 is 86.4 Å². The van der Waals surface area contributed by atoms with Crippen LogP contribution in [0, 0.1) is 12.5 Å².